The monoisotopic (exact) mass is 279 g/mol. The van der Waals surface area contributed by atoms with Gasteiger partial charge in [0.05, 0.1) is 30.0 Å². The standard InChI is InChI=1S/C12H13N3O3S/c13-9-8-7(15-3-5-18-6-4-15)1-2-14-11(8)19-10(9)12(16)17/h1-2H,3-6,13H2,(H,16,17). The molecule has 1 aliphatic heterocycles. The molecule has 100 valence electrons. The first-order valence-electron chi connectivity index (χ1n) is 5.91. The maximum Gasteiger partial charge on any atom is 0.348 e. The Morgan fingerprint density at radius 3 is 2.89 bits per heavy atom. The van der Waals surface area contributed by atoms with Crippen LogP contribution in [0.2, 0.25) is 0 Å². The maximum atomic E-state index is 11.1. The molecule has 3 rings (SSSR count). The largest absolute Gasteiger partial charge is 0.477 e. The number of ether oxygens (including phenoxy) is 1. The van der Waals surface area contributed by atoms with Gasteiger partial charge in [-0.25, -0.2) is 9.78 Å². The van der Waals surface area contributed by atoms with E-state index in [0.29, 0.717) is 23.7 Å². The summed E-state index contributed by atoms with van der Waals surface area (Å²) >= 11 is 1.12. The Bertz CT molecular complexity index is 634. The van der Waals surface area contributed by atoms with Crippen LogP contribution in [0.15, 0.2) is 12.3 Å². The summed E-state index contributed by atoms with van der Waals surface area (Å²) in [7, 11) is 0. The van der Waals surface area contributed by atoms with E-state index in [1.807, 2.05) is 6.07 Å². The predicted molar refractivity (Wildman–Crippen MR) is 74.0 cm³/mol. The Hall–Kier alpha value is -1.86. The average Bonchev–Trinajstić information content (AvgIpc) is 2.78. The number of fused-ring (bicyclic) bond motifs is 1. The van der Waals surface area contributed by atoms with E-state index in [-0.39, 0.29) is 4.88 Å². The van der Waals surface area contributed by atoms with Gasteiger partial charge in [0.25, 0.3) is 0 Å². The number of carbonyl (C=O) groups is 1. The molecule has 1 fully saturated rings. The second-order valence-electron chi connectivity index (χ2n) is 4.26. The highest BCUT2D eigenvalue weighted by Gasteiger charge is 2.22. The van der Waals surface area contributed by atoms with Gasteiger partial charge in [-0.15, -0.1) is 11.3 Å². The minimum absolute atomic E-state index is 0.156. The number of pyridine rings is 1. The van der Waals surface area contributed by atoms with E-state index in [2.05, 4.69) is 9.88 Å². The summed E-state index contributed by atoms with van der Waals surface area (Å²) in [6.45, 7) is 2.88. The van der Waals surface area contributed by atoms with Crippen LogP contribution in [0, 0.1) is 0 Å². The van der Waals surface area contributed by atoms with E-state index in [1.165, 1.54) is 0 Å². The van der Waals surface area contributed by atoms with Crippen LogP contribution in [-0.2, 0) is 4.74 Å². The van der Waals surface area contributed by atoms with Crippen molar-refractivity contribution >= 4 is 38.9 Å². The van der Waals surface area contributed by atoms with Crippen molar-refractivity contribution < 1.29 is 14.6 Å². The molecule has 0 atom stereocenters. The van der Waals surface area contributed by atoms with E-state index in [4.69, 9.17) is 15.6 Å². The predicted octanol–water partition coefficient (Wildman–Crippen LogP) is 1.41. The molecular weight excluding hydrogens is 266 g/mol. The van der Waals surface area contributed by atoms with E-state index in [0.717, 1.165) is 35.5 Å². The van der Waals surface area contributed by atoms with Crippen LogP contribution < -0.4 is 10.6 Å². The van der Waals surface area contributed by atoms with E-state index < -0.39 is 5.97 Å². The summed E-state index contributed by atoms with van der Waals surface area (Å²) in [5, 5.41) is 9.88. The Balaban J connectivity index is 2.16. The third-order valence-electron chi connectivity index (χ3n) is 3.15. The molecule has 0 unspecified atom stereocenters. The number of aromatic nitrogens is 1. The Kier molecular flexibility index (Phi) is 3.00. The third kappa shape index (κ3) is 2.00. The highest BCUT2D eigenvalue weighted by atomic mass is 32.1. The number of thiophene rings is 1. The molecule has 6 nitrogen and oxygen atoms in total. The van der Waals surface area contributed by atoms with Crippen LogP contribution in [0.5, 0.6) is 0 Å². The molecule has 0 aliphatic carbocycles. The summed E-state index contributed by atoms with van der Waals surface area (Å²) in [4.78, 5) is 18.3. The van der Waals surface area contributed by atoms with Crippen molar-refractivity contribution in [3.05, 3.63) is 17.1 Å². The van der Waals surface area contributed by atoms with Gasteiger partial charge >= 0.3 is 5.97 Å². The zero-order valence-electron chi connectivity index (χ0n) is 10.1. The average molecular weight is 279 g/mol. The Labute approximate surface area is 113 Å². The van der Waals surface area contributed by atoms with Crippen LogP contribution in [-0.4, -0.2) is 42.4 Å². The van der Waals surface area contributed by atoms with E-state index in [1.54, 1.807) is 6.20 Å². The molecule has 3 N–H and O–H groups in total. The van der Waals surface area contributed by atoms with Crippen molar-refractivity contribution in [2.45, 2.75) is 0 Å². The summed E-state index contributed by atoms with van der Waals surface area (Å²) < 4.78 is 5.33. The normalized spacial score (nSPS) is 15.9. The van der Waals surface area contributed by atoms with Gasteiger partial charge in [-0.2, -0.15) is 0 Å². The summed E-state index contributed by atoms with van der Waals surface area (Å²) in [5.74, 6) is -1.01. The number of anilines is 2. The lowest BCUT2D eigenvalue weighted by Crippen LogP contribution is -2.36. The van der Waals surface area contributed by atoms with Crippen molar-refractivity contribution in [3.63, 3.8) is 0 Å². The van der Waals surface area contributed by atoms with Crippen LogP contribution >= 0.6 is 11.3 Å². The van der Waals surface area contributed by atoms with Gasteiger partial charge in [0.15, 0.2) is 0 Å². The third-order valence-corrected chi connectivity index (χ3v) is 4.25. The number of hydrogen-bond acceptors (Lipinski definition) is 6. The van der Waals surface area contributed by atoms with Crippen LogP contribution in [0.1, 0.15) is 9.67 Å². The number of aromatic carboxylic acids is 1. The van der Waals surface area contributed by atoms with Crippen molar-refractivity contribution in [2.24, 2.45) is 0 Å². The molecule has 0 radical (unpaired) electrons. The number of morpholine rings is 1. The Morgan fingerprint density at radius 1 is 1.47 bits per heavy atom. The number of nitrogens with two attached hydrogens (primary N) is 1. The van der Waals surface area contributed by atoms with Gasteiger partial charge in [0, 0.05) is 19.3 Å². The molecule has 1 saturated heterocycles. The topological polar surface area (TPSA) is 88.7 Å². The van der Waals surface area contributed by atoms with Gasteiger partial charge in [-0.1, -0.05) is 0 Å². The molecule has 1 aliphatic rings. The van der Waals surface area contributed by atoms with Crippen molar-refractivity contribution in [1.29, 1.82) is 0 Å². The molecule has 19 heavy (non-hydrogen) atoms. The van der Waals surface area contributed by atoms with Gasteiger partial charge in [-0.3, -0.25) is 0 Å². The molecular formula is C12H13N3O3S. The smallest absolute Gasteiger partial charge is 0.348 e. The fourth-order valence-electron chi connectivity index (χ4n) is 2.26. The van der Waals surface area contributed by atoms with Gasteiger partial charge in [0.2, 0.25) is 0 Å². The molecule has 2 aromatic rings. The zero-order valence-corrected chi connectivity index (χ0v) is 10.9. The highest BCUT2D eigenvalue weighted by Crippen LogP contribution is 2.38. The minimum atomic E-state index is -1.01. The van der Waals surface area contributed by atoms with Crippen LogP contribution in [0.3, 0.4) is 0 Å². The zero-order chi connectivity index (χ0) is 13.4. The molecule has 7 heteroatoms. The van der Waals surface area contributed by atoms with Crippen molar-refractivity contribution in [2.75, 3.05) is 36.9 Å². The first-order valence-corrected chi connectivity index (χ1v) is 6.73. The van der Waals surface area contributed by atoms with Crippen LogP contribution in [0.25, 0.3) is 10.2 Å². The van der Waals surface area contributed by atoms with Gasteiger partial charge in [0.1, 0.15) is 9.71 Å². The summed E-state index contributed by atoms with van der Waals surface area (Å²) in [6, 6.07) is 1.88. The number of rotatable bonds is 2. The number of carboxylic acid groups (broad SMARTS) is 1. The molecule has 0 amide bonds. The summed E-state index contributed by atoms with van der Waals surface area (Å²) in [6.07, 6.45) is 1.69. The highest BCUT2D eigenvalue weighted by molar-refractivity contribution is 7.21. The van der Waals surface area contributed by atoms with E-state index in [9.17, 15) is 4.79 Å². The minimum Gasteiger partial charge on any atom is -0.477 e. The number of nitrogens with zero attached hydrogens (tertiary/aromatic N) is 2. The van der Waals surface area contributed by atoms with Gasteiger partial charge < -0.3 is 20.5 Å². The second-order valence-corrected chi connectivity index (χ2v) is 5.26. The second kappa shape index (κ2) is 4.67. The van der Waals surface area contributed by atoms with Crippen molar-refractivity contribution in [3.8, 4) is 0 Å². The maximum absolute atomic E-state index is 11.1. The first-order chi connectivity index (χ1) is 9.18. The molecule has 2 aromatic heterocycles. The number of carboxylic acids is 1. The first kappa shape index (κ1) is 12.2. The quantitative estimate of drug-likeness (QED) is 0.864. The van der Waals surface area contributed by atoms with Gasteiger partial charge in [-0.05, 0) is 6.07 Å². The van der Waals surface area contributed by atoms with Crippen LogP contribution in [0.4, 0.5) is 11.4 Å². The fraction of sp³-hybridized carbons (Fsp3) is 0.333. The molecule has 0 aromatic carbocycles. The number of nitrogen functional groups attached to an aromatic ring is 1. The lowest BCUT2D eigenvalue weighted by molar-refractivity contribution is 0.0703. The lowest BCUT2D eigenvalue weighted by atomic mass is 10.2. The summed E-state index contributed by atoms with van der Waals surface area (Å²) in [5.41, 5.74) is 7.23. The fourth-order valence-corrected chi connectivity index (χ4v) is 3.18. The SMILES string of the molecule is Nc1c(C(=O)O)sc2nccc(N3CCOCC3)c12. The van der Waals surface area contributed by atoms with Crippen molar-refractivity contribution in [1.82, 2.24) is 4.98 Å². The number of hydrogen-bond donors (Lipinski definition) is 2. The lowest BCUT2D eigenvalue weighted by Gasteiger charge is -2.29. The molecule has 0 saturated carbocycles. The molecule has 0 bridgehead atoms. The Morgan fingerprint density at radius 2 is 2.21 bits per heavy atom. The molecule has 0 spiro atoms. The molecule has 3 heterocycles. The van der Waals surface area contributed by atoms with E-state index >= 15 is 0 Å².